The van der Waals surface area contributed by atoms with Crippen molar-refractivity contribution in [3.63, 3.8) is 0 Å². The van der Waals surface area contributed by atoms with Gasteiger partial charge < -0.3 is 10.1 Å². The molecule has 1 heterocycles. The molecule has 0 amide bonds. The summed E-state index contributed by atoms with van der Waals surface area (Å²) in [7, 11) is 0. The lowest BCUT2D eigenvalue weighted by Crippen LogP contribution is -2.34. The Hall–Kier alpha value is -0.0800. The monoisotopic (exact) mass is 265 g/mol. The van der Waals surface area contributed by atoms with Crippen LogP contribution in [-0.4, -0.2) is 25.8 Å². The zero-order valence-corrected chi connectivity index (χ0v) is 12.6. The van der Waals surface area contributed by atoms with Crippen LogP contribution in [0.15, 0.2) is 0 Å². The molecule has 19 heavy (non-hydrogen) atoms. The van der Waals surface area contributed by atoms with Crippen LogP contribution in [0.25, 0.3) is 0 Å². The predicted octanol–water partition coefficient (Wildman–Crippen LogP) is 3.75. The van der Waals surface area contributed by atoms with E-state index in [9.17, 15) is 0 Å². The SMILES string of the molecule is CCCNCC1(CCCC2CCCO2)CC2CC2C1. The molecule has 2 nitrogen and oxygen atoms in total. The average Bonchev–Trinajstić information content (AvgIpc) is 2.82. The van der Waals surface area contributed by atoms with E-state index in [0.717, 1.165) is 18.4 Å². The van der Waals surface area contributed by atoms with Crippen LogP contribution >= 0.6 is 0 Å². The molecule has 3 atom stereocenters. The summed E-state index contributed by atoms with van der Waals surface area (Å²) in [6.07, 6.45) is 13.2. The van der Waals surface area contributed by atoms with E-state index in [2.05, 4.69) is 12.2 Å². The van der Waals surface area contributed by atoms with Crippen molar-refractivity contribution < 1.29 is 4.74 Å². The van der Waals surface area contributed by atoms with Gasteiger partial charge in [-0.2, -0.15) is 0 Å². The lowest BCUT2D eigenvalue weighted by Gasteiger charge is -2.32. The summed E-state index contributed by atoms with van der Waals surface area (Å²) in [4.78, 5) is 0. The molecule has 3 unspecified atom stereocenters. The molecule has 0 aromatic rings. The molecule has 2 heteroatoms. The van der Waals surface area contributed by atoms with Crippen LogP contribution in [0.3, 0.4) is 0 Å². The molecule has 1 saturated heterocycles. The molecule has 0 spiro atoms. The second-order valence-corrected chi connectivity index (χ2v) is 7.37. The Morgan fingerprint density at radius 3 is 2.79 bits per heavy atom. The van der Waals surface area contributed by atoms with E-state index in [4.69, 9.17) is 4.74 Å². The topological polar surface area (TPSA) is 21.3 Å². The highest BCUT2D eigenvalue weighted by atomic mass is 16.5. The van der Waals surface area contributed by atoms with Gasteiger partial charge in [-0.25, -0.2) is 0 Å². The van der Waals surface area contributed by atoms with Crippen LogP contribution in [-0.2, 0) is 4.74 Å². The molecule has 3 fully saturated rings. The fourth-order valence-electron chi connectivity index (χ4n) is 4.55. The Labute approximate surface area is 118 Å². The fourth-order valence-corrected chi connectivity index (χ4v) is 4.55. The number of hydrogen-bond donors (Lipinski definition) is 1. The molecule has 1 N–H and O–H groups in total. The van der Waals surface area contributed by atoms with Gasteiger partial charge in [-0.05, 0) is 75.2 Å². The first-order chi connectivity index (χ1) is 9.31. The van der Waals surface area contributed by atoms with Gasteiger partial charge in [-0.3, -0.25) is 0 Å². The van der Waals surface area contributed by atoms with E-state index in [0.29, 0.717) is 11.5 Å². The highest BCUT2D eigenvalue weighted by Crippen LogP contribution is 2.61. The minimum atomic E-state index is 0.594. The number of ether oxygens (including phenoxy) is 1. The van der Waals surface area contributed by atoms with E-state index in [1.54, 1.807) is 6.42 Å². The smallest absolute Gasteiger partial charge is 0.0576 e. The molecular weight excluding hydrogens is 234 g/mol. The number of hydrogen-bond acceptors (Lipinski definition) is 2. The second kappa shape index (κ2) is 6.13. The average molecular weight is 265 g/mol. The molecule has 2 aliphatic carbocycles. The third kappa shape index (κ3) is 3.52. The first-order valence-corrected chi connectivity index (χ1v) is 8.64. The van der Waals surface area contributed by atoms with Crippen molar-refractivity contribution in [2.75, 3.05) is 19.7 Å². The van der Waals surface area contributed by atoms with Crippen LogP contribution in [0.1, 0.15) is 64.7 Å². The molecule has 1 aliphatic heterocycles. The third-order valence-corrected chi connectivity index (χ3v) is 5.64. The summed E-state index contributed by atoms with van der Waals surface area (Å²) in [6, 6.07) is 0. The molecule has 0 bridgehead atoms. The molecule has 110 valence electrons. The van der Waals surface area contributed by atoms with Crippen LogP contribution in [0.5, 0.6) is 0 Å². The van der Waals surface area contributed by atoms with E-state index < -0.39 is 0 Å². The summed E-state index contributed by atoms with van der Waals surface area (Å²) >= 11 is 0. The zero-order chi connectivity index (χ0) is 13.1. The van der Waals surface area contributed by atoms with Crippen molar-refractivity contribution >= 4 is 0 Å². The largest absolute Gasteiger partial charge is 0.378 e. The zero-order valence-electron chi connectivity index (χ0n) is 12.6. The van der Waals surface area contributed by atoms with Crippen LogP contribution in [0, 0.1) is 17.3 Å². The second-order valence-electron chi connectivity index (χ2n) is 7.37. The van der Waals surface area contributed by atoms with Gasteiger partial charge in [0.05, 0.1) is 6.10 Å². The van der Waals surface area contributed by atoms with Gasteiger partial charge >= 0.3 is 0 Å². The first-order valence-electron chi connectivity index (χ1n) is 8.64. The summed E-state index contributed by atoms with van der Waals surface area (Å²) in [5, 5.41) is 3.71. The highest BCUT2D eigenvalue weighted by molar-refractivity contribution is 5.04. The molecular formula is C17H31NO. The number of rotatable bonds is 8. The molecule has 3 aliphatic rings. The van der Waals surface area contributed by atoms with Crippen molar-refractivity contribution in [1.82, 2.24) is 5.32 Å². The summed E-state index contributed by atoms with van der Waals surface area (Å²) in [5.41, 5.74) is 0.654. The number of nitrogens with one attached hydrogen (secondary N) is 1. The molecule has 0 radical (unpaired) electrons. The highest BCUT2D eigenvalue weighted by Gasteiger charge is 2.52. The maximum Gasteiger partial charge on any atom is 0.0576 e. The fraction of sp³-hybridized carbons (Fsp3) is 1.00. The summed E-state index contributed by atoms with van der Waals surface area (Å²) < 4.78 is 5.76. The minimum absolute atomic E-state index is 0.594. The maximum absolute atomic E-state index is 5.76. The van der Waals surface area contributed by atoms with E-state index in [1.807, 2.05) is 0 Å². The summed E-state index contributed by atoms with van der Waals surface area (Å²) in [6.45, 7) is 5.75. The van der Waals surface area contributed by atoms with Crippen LogP contribution in [0.4, 0.5) is 0 Å². The van der Waals surface area contributed by atoms with Crippen LogP contribution in [0.2, 0.25) is 0 Å². The van der Waals surface area contributed by atoms with Gasteiger partial charge in [-0.15, -0.1) is 0 Å². The lowest BCUT2D eigenvalue weighted by molar-refractivity contribution is 0.0963. The molecule has 0 aromatic carbocycles. The third-order valence-electron chi connectivity index (χ3n) is 5.64. The molecule has 2 saturated carbocycles. The Bertz CT molecular complexity index is 275. The van der Waals surface area contributed by atoms with Crippen molar-refractivity contribution in [2.24, 2.45) is 17.3 Å². The van der Waals surface area contributed by atoms with Gasteiger partial charge in [0.2, 0.25) is 0 Å². The molecule has 3 rings (SSSR count). The number of fused-ring (bicyclic) bond motifs is 1. The standard InChI is InChI=1S/C17H31NO/c1-2-8-18-13-17(11-14-10-15(14)12-17)7-3-5-16-6-4-9-19-16/h14-16,18H,2-13H2,1H3. The quantitative estimate of drug-likeness (QED) is 0.675. The van der Waals surface area contributed by atoms with E-state index in [1.165, 1.54) is 64.5 Å². The predicted molar refractivity (Wildman–Crippen MR) is 79.2 cm³/mol. The Balaban J connectivity index is 1.42. The van der Waals surface area contributed by atoms with Crippen molar-refractivity contribution in [3.05, 3.63) is 0 Å². The van der Waals surface area contributed by atoms with Crippen molar-refractivity contribution in [2.45, 2.75) is 70.8 Å². The summed E-state index contributed by atoms with van der Waals surface area (Å²) in [5.74, 6) is 2.21. The Kier molecular flexibility index (Phi) is 4.48. The van der Waals surface area contributed by atoms with Gasteiger partial charge in [0, 0.05) is 13.2 Å². The van der Waals surface area contributed by atoms with Crippen molar-refractivity contribution in [3.8, 4) is 0 Å². The van der Waals surface area contributed by atoms with Gasteiger partial charge in [-0.1, -0.05) is 13.3 Å². The van der Waals surface area contributed by atoms with Crippen molar-refractivity contribution in [1.29, 1.82) is 0 Å². The first kappa shape index (κ1) is 13.9. The van der Waals surface area contributed by atoms with E-state index in [-0.39, 0.29) is 0 Å². The lowest BCUT2D eigenvalue weighted by atomic mass is 9.78. The van der Waals surface area contributed by atoms with E-state index >= 15 is 0 Å². The normalized spacial score (nSPS) is 40.6. The van der Waals surface area contributed by atoms with Crippen LogP contribution < -0.4 is 5.32 Å². The maximum atomic E-state index is 5.76. The Morgan fingerprint density at radius 2 is 2.11 bits per heavy atom. The minimum Gasteiger partial charge on any atom is -0.378 e. The van der Waals surface area contributed by atoms with Gasteiger partial charge in [0.25, 0.3) is 0 Å². The van der Waals surface area contributed by atoms with Gasteiger partial charge in [0.15, 0.2) is 0 Å². The molecule has 0 aromatic heterocycles. The Morgan fingerprint density at radius 1 is 1.26 bits per heavy atom. The van der Waals surface area contributed by atoms with Gasteiger partial charge in [0.1, 0.15) is 0 Å².